The van der Waals surface area contributed by atoms with Gasteiger partial charge in [-0.25, -0.2) is 9.97 Å². The second-order valence-corrected chi connectivity index (χ2v) is 3.33. The monoisotopic (exact) mass is 150 g/mol. The molecule has 1 rings (SSSR count). The van der Waals surface area contributed by atoms with Crippen LogP contribution in [0, 0.1) is 0 Å². The van der Waals surface area contributed by atoms with Crippen molar-refractivity contribution in [2.75, 3.05) is 0 Å². The van der Waals surface area contributed by atoms with E-state index in [4.69, 9.17) is 0 Å². The summed E-state index contributed by atoms with van der Waals surface area (Å²) in [5.41, 5.74) is 1.30. The Morgan fingerprint density at radius 3 is 2.64 bits per heavy atom. The zero-order valence-corrected chi connectivity index (χ0v) is 7.33. The lowest BCUT2D eigenvalue weighted by Gasteiger charge is -2.20. The fraction of sp³-hybridized carbons (Fsp3) is 0.556. The topological polar surface area (TPSA) is 25.8 Å². The van der Waals surface area contributed by atoms with Crippen molar-refractivity contribution in [1.82, 2.24) is 9.97 Å². The minimum atomic E-state index is 0.183. The third kappa shape index (κ3) is 1.76. The van der Waals surface area contributed by atoms with E-state index >= 15 is 0 Å². The van der Waals surface area contributed by atoms with Crippen molar-refractivity contribution in [3.05, 3.63) is 24.3 Å². The van der Waals surface area contributed by atoms with Crippen LogP contribution >= 0.6 is 0 Å². The lowest BCUT2D eigenvalue weighted by Crippen LogP contribution is -2.17. The van der Waals surface area contributed by atoms with Gasteiger partial charge in [0, 0.05) is 17.3 Å². The summed E-state index contributed by atoms with van der Waals surface area (Å²) < 4.78 is 0. The van der Waals surface area contributed by atoms with Gasteiger partial charge in [-0.3, -0.25) is 0 Å². The van der Waals surface area contributed by atoms with Crippen LogP contribution in [-0.4, -0.2) is 9.97 Å². The van der Waals surface area contributed by atoms with Crippen LogP contribution in [-0.2, 0) is 5.41 Å². The second-order valence-electron chi connectivity index (χ2n) is 3.33. The van der Waals surface area contributed by atoms with Gasteiger partial charge in [-0.05, 0) is 12.5 Å². The summed E-state index contributed by atoms with van der Waals surface area (Å²) in [5.74, 6) is 0. The summed E-state index contributed by atoms with van der Waals surface area (Å²) in [4.78, 5) is 8.09. The molecule has 1 heterocycles. The Kier molecular flexibility index (Phi) is 2.22. The molecule has 11 heavy (non-hydrogen) atoms. The Hall–Kier alpha value is -0.920. The molecule has 1 aromatic rings. The summed E-state index contributed by atoms with van der Waals surface area (Å²) >= 11 is 0. The average molecular weight is 150 g/mol. The average Bonchev–Trinajstić information content (AvgIpc) is 2.06. The molecule has 0 saturated heterocycles. The number of hydrogen-bond donors (Lipinski definition) is 0. The first-order chi connectivity index (χ1) is 5.17. The summed E-state index contributed by atoms with van der Waals surface area (Å²) in [6, 6.07) is 1.98. The molecule has 0 fully saturated rings. The van der Waals surface area contributed by atoms with E-state index in [0.717, 1.165) is 12.1 Å². The standard InChI is InChI=1S/C9H14N2/c1-4-9(2,3)8-5-6-10-7-11-8/h5-7H,4H2,1-3H3. The highest BCUT2D eigenvalue weighted by atomic mass is 14.8. The lowest BCUT2D eigenvalue weighted by atomic mass is 9.86. The van der Waals surface area contributed by atoms with Gasteiger partial charge in [-0.2, -0.15) is 0 Å². The van der Waals surface area contributed by atoms with Gasteiger partial charge in [0.2, 0.25) is 0 Å². The van der Waals surface area contributed by atoms with Crippen LogP contribution < -0.4 is 0 Å². The summed E-state index contributed by atoms with van der Waals surface area (Å²) in [6.07, 6.45) is 4.50. The van der Waals surface area contributed by atoms with Gasteiger partial charge in [-0.15, -0.1) is 0 Å². The SMILES string of the molecule is CCC(C)(C)c1ccncn1. The van der Waals surface area contributed by atoms with Crippen LogP contribution in [0.2, 0.25) is 0 Å². The molecule has 0 aromatic carbocycles. The van der Waals surface area contributed by atoms with E-state index in [1.54, 1.807) is 12.5 Å². The molecule has 2 heteroatoms. The van der Waals surface area contributed by atoms with Crippen LogP contribution in [0.15, 0.2) is 18.6 Å². The third-order valence-electron chi connectivity index (χ3n) is 2.16. The molecule has 0 radical (unpaired) electrons. The highest BCUT2D eigenvalue weighted by molar-refractivity contribution is 5.10. The predicted molar refractivity (Wildman–Crippen MR) is 45.3 cm³/mol. The van der Waals surface area contributed by atoms with Crippen molar-refractivity contribution in [1.29, 1.82) is 0 Å². The minimum Gasteiger partial charge on any atom is -0.245 e. The van der Waals surface area contributed by atoms with Crippen molar-refractivity contribution >= 4 is 0 Å². The van der Waals surface area contributed by atoms with Crippen molar-refractivity contribution in [2.45, 2.75) is 32.6 Å². The van der Waals surface area contributed by atoms with Gasteiger partial charge in [0.1, 0.15) is 6.33 Å². The molecule has 0 aliphatic rings. The quantitative estimate of drug-likeness (QED) is 0.645. The minimum absolute atomic E-state index is 0.183. The molecule has 0 atom stereocenters. The Bertz CT molecular complexity index is 216. The van der Waals surface area contributed by atoms with Gasteiger partial charge in [0.15, 0.2) is 0 Å². The van der Waals surface area contributed by atoms with Crippen LogP contribution in [0.4, 0.5) is 0 Å². The van der Waals surface area contributed by atoms with E-state index < -0.39 is 0 Å². The third-order valence-corrected chi connectivity index (χ3v) is 2.16. The largest absolute Gasteiger partial charge is 0.245 e. The van der Waals surface area contributed by atoms with E-state index in [0.29, 0.717) is 0 Å². The second kappa shape index (κ2) is 2.99. The van der Waals surface area contributed by atoms with Crippen molar-refractivity contribution in [3.8, 4) is 0 Å². The van der Waals surface area contributed by atoms with Gasteiger partial charge in [0.25, 0.3) is 0 Å². The van der Waals surface area contributed by atoms with Gasteiger partial charge in [0.05, 0.1) is 0 Å². The maximum Gasteiger partial charge on any atom is 0.115 e. The molecule has 0 saturated carbocycles. The van der Waals surface area contributed by atoms with Crippen LogP contribution in [0.25, 0.3) is 0 Å². The van der Waals surface area contributed by atoms with Crippen molar-refractivity contribution in [2.24, 2.45) is 0 Å². The molecule has 0 unspecified atom stereocenters. The van der Waals surface area contributed by atoms with Crippen molar-refractivity contribution < 1.29 is 0 Å². The predicted octanol–water partition coefficient (Wildman–Crippen LogP) is 2.16. The molecule has 0 amide bonds. The molecule has 0 aliphatic carbocycles. The number of aromatic nitrogens is 2. The number of nitrogens with zero attached hydrogens (tertiary/aromatic N) is 2. The van der Waals surface area contributed by atoms with Crippen LogP contribution in [0.5, 0.6) is 0 Å². The zero-order chi connectivity index (χ0) is 8.32. The van der Waals surface area contributed by atoms with E-state index in [2.05, 4.69) is 30.7 Å². The Labute approximate surface area is 67.7 Å². The Balaban J connectivity index is 2.93. The highest BCUT2D eigenvalue weighted by Gasteiger charge is 2.18. The first-order valence-corrected chi connectivity index (χ1v) is 3.93. The Morgan fingerprint density at radius 2 is 2.18 bits per heavy atom. The number of hydrogen-bond acceptors (Lipinski definition) is 2. The summed E-state index contributed by atoms with van der Waals surface area (Å²) in [7, 11) is 0. The molecular weight excluding hydrogens is 136 g/mol. The highest BCUT2D eigenvalue weighted by Crippen LogP contribution is 2.23. The fourth-order valence-corrected chi connectivity index (χ4v) is 0.872. The van der Waals surface area contributed by atoms with Gasteiger partial charge < -0.3 is 0 Å². The van der Waals surface area contributed by atoms with Crippen molar-refractivity contribution in [3.63, 3.8) is 0 Å². The van der Waals surface area contributed by atoms with E-state index in [9.17, 15) is 0 Å². The molecular formula is C9H14N2. The first kappa shape index (κ1) is 8.18. The summed E-state index contributed by atoms with van der Waals surface area (Å²) in [6.45, 7) is 6.55. The van der Waals surface area contributed by atoms with E-state index in [-0.39, 0.29) is 5.41 Å². The molecule has 0 bridgehead atoms. The van der Waals surface area contributed by atoms with E-state index in [1.807, 2.05) is 6.07 Å². The molecule has 1 aromatic heterocycles. The normalized spacial score (nSPS) is 11.5. The molecule has 2 nitrogen and oxygen atoms in total. The fourth-order valence-electron chi connectivity index (χ4n) is 0.872. The van der Waals surface area contributed by atoms with Gasteiger partial charge in [-0.1, -0.05) is 20.8 Å². The molecule has 0 N–H and O–H groups in total. The van der Waals surface area contributed by atoms with Crippen LogP contribution in [0.1, 0.15) is 32.9 Å². The maximum atomic E-state index is 4.21. The maximum absolute atomic E-state index is 4.21. The van der Waals surface area contributed by atoms with Gasteiger partial charge >= 0.3 is 0 Å². The molecule has 0 aliphatic heterocycles. The van der Waals surface area contributed by atoms with E-state index in [1.165, 1.54) is 0 Å². The molecule has 60 valence electrons. The van der Waals surface area contributed by atoms with Crippen LogP contribution in [0.3, 0.4) is 0 Å². The lowest BCUT2D eigenvalue weighted by molar-refractivity contribution is 0.489. The smallest absolute Gasteiger partial charge is 0.115 e. The number of rotatable bonds is 2. The first-order valence-electron chi connectivity index (χ1n) is 3.93. The zero-order valence-electron chi connectivity index (χ0n) is 7.33. The Morgan fingerprint density at radius 1 is 1.45 bits per heavy atom. The summed E-state index contributed by atoms with van der Waals surface area (Å²) in [5, 5.41) is 0. The molecule has 0 spiro atoms.